The predicted octanol–water partition coefficient (Wildman–Crippen LogP) is 2.86. The van der Waals surface area contributed by atoms with E-state index >= 15 is 0 Å². The Bertz CT molecular complexity index is 509. The van der Waals surface area contributed by atoms with Crippen molar-refractivity contribution in [2.24, 2.45) is 5.92 Å². The molecule has 0 aromatic heterocycles. The highest BCUT2D eigenvalue weighted by atomic mass is 16.5. The van der Waals surface area contributed by atoms with Gasteiger partial charge in [0.2, 0.25) is 5.91 Å². The van der Waals surface area contributed by atoms with Crippen molar-refractivity contribution in [3.63, 3.8) is 0 Å². The van der Waals surface area contributed by atoms with Crippen molar-refractivity contribution in [3.05, 3.63) is 35.9 Å². The van der Waals surface area contributed by atoms with Crippen molar-refractivity contribution in [2.45, 2.75) is 25.9 Å². The Morgan fingerprint density at radius 2 is 2.21 bits per heavy atom. The Hall–Kier alpha value is -1.61. The fourth-order valence-electron chi connectivity index (χ4n) is 2.89. The highest BCUT2D eigenvalue weighted by Crippen LogP contribution is 2.30. The van der Waals surface area contributed by atoms with Crippen LogP contribution in [-0.4, -0.2) is 25.2 Å². The van der Waals surface area contributed by atoms with Crippen LogP contribution >= 0.6 is 0 Å². The topological polar surface area (TPSA) is 29.5 Å². The molecule has 19 heavy (non-hydrogen) atoms. The fraction of sp³-hybridized carbons (Fsp3) is 0.438. The number of fused-ring (bicyclic) bond motifs is 1. The summed E-state index contributed by atoms with van der Waals surface area (Å²) in [7, 11) is 0. The molecular weight excluding hydrogens is 238 g/mol. The number of rotatable bonds is 1. The molecule has 1 aromatic carbocycles. The molecule has 0 aliphatic carbocycles. The standard InChI is InChI=1S/C16H19NO2/c1-12-14(9-11-19-12)16(18)17-10-5-4-7-13-6-2-3-8-15(13)17/h2-4,6-8,12,14H,5,9-11H2,1H3. The maximum Gasteiger partial charge on any atom is 0.232 e. The van der Waals surface area contributed by atoms with Gasteiger partial charge in [-0.15, -0.1) is 0 Å². The summed E-state index contributed by atoms with van der Waals surface area (Å²) in [6.07, 6.45) is 6.03. The largest absolute Gasteiger partial charge is 0.378 e. The lowest BCUT2D eigenvalue weighted by Crippen LogP contribution is -2.39. The van der Waals surface area contributed by atoms with Gasteiger partial charge in [-0.05, 0) is 31.4 Å². The summed E-state index contributed by atoms with van der Waals surface area (Å²) in [5.74, 6) is 0.215. The van der Waals surface area contributed by atoms with E-state index in [4.69, 9.17) is 4.74 Å². The molecule has 3 nitrogen and oxygen atoms in total. The van der Waals surface area contributed by atoms with E-state index in [9.17, 15) is 4.79 Å². The highest BCUT2D eigenvalue weighted by molar-refractivity contribution is 5.97. The molecule has 0 saturated carbocycles. The van der Waals surface area contributed by atoms with E-state index in [0.29, 0.717) is 6.61 Å². The summed E-state index contributed by atoms with van der Waals surface area (Å²) in [5.41, 5.74) is 2.15. The summed E-state index contributed by atoms with van der Waals surface area (Å²) in [6.45, 7) is 3.46. The summed E-state index contributed by atoms with van der Waals surface area (Å²) >= 11 is 0. The molecule has 2 aliphatic rings. The van der Waals surface area contributed by atoms with Crippen molar-refractivity contribution in [2.75, 3.05) is 18.1 Å². The maximum atomic E-state index is 12.7. The Balaban J connectivity index is 1.91. The number of benzene rings is 1. The van der Waals surface area contributed by atoms with Crippen LogP contribution < -0.4 is 4.90 Å². The molecule has 2 unspecified atom stereocenters. The van der Waals surface area contributed by atoms with E-state index in [1.165, 1.54) is 0 Å². The van der Waals surface area contributed by atoms with Gasteiger partial charge in [0.25, 0.3) is 0 Å². The Morgan fingerprint density at radius 3 is 3.00 bits per heavy atom. The minimum absolute atomic E-state index is 0.00570. The molecule has 1 saturated heterocycles. The predicted molar refractivity (Wildman–Crippen MR) is 76.0 cm³/mol. The van der Waals surface area contributed by atoms with E-state index in [1.807, 2.05) is 30.0 Å². The summed E-state index contributed by atoms with van der Waals surface area (Å²) < 4.78 is 5.53. The number of nitrogens with zero attached hydrogens (tertiary/aromatic N) is 1. The lowest BCUT2D eigenvalue weighted by molar-refractivity contribution is -0.123. The molecule has 2 aliphatic heterocycles. The van der Waals surface area contributed by atoms with Crippen LogP contribution in [0.5, 0.6) is 0 Å². The zero-order valence-corrected chi connectivity index (χ0v) is 11.2. The summed E-state index contributed by atoms with van der Waals surface area (Å²) in [6, 6.07) is 8.10. The average Bonchev–Trinajstić information content (AvgIpc) is 2.74. The molecule has 3 heteroatoms. The minimum Gasteiger partial charge on any atom is -0.378 e. The number of carbonyl (C=O) groups is 1. The monoisotopic (exact) mass is 257 g/mol. The van der Waals surface area contributed by atoms with Gasteiger partial charge in [0.05, 0.1) is 17.7 Å². The van der Waals surface area contributed by atoms with Gasteiger partial charge >= 0.3 is 0 Å². The molecular formula is C16H19NO2. The first-order chi connectivity index (χ1) is 9.27. The van der Waals surface area contributed by atoms with E-state index in [0.717, 1.165) is 30.6 Å². The molecule has 1 amide bonds. The first kappa shape index (κ1) is 12.4. The van der Waals surface area contributed by atoms with Gasteiger partial charge in [0, 0.05) is 13.2 Å². The smallest absolute Gasteiger partial charge is 0.232 e. The normalized spacial score (nSPS) is 26.1. The molecule has 0 radical (unpaired) electrons. The van der Waals surface area contributed by atoms with Gasteiger partial charge in [-0.1, -0.05) is 30.4 Å². The molecule has 2 heterocycles. The third-order valence-electron chi connectivity index (χ3n) is 4.00. The SMILES string of the molecule is CC1OCCC1C(=O)N1CCC=Cc2ccccc21. The van der Waals surface area contributed by atoms with Crippen LogP contribution in [0.3, 0.4) is 0 Å². The van der Waals surface area contributed by atoms with Gasteiger partial charge < -0.3 is 9.64 Å². The molecule has 3 rings (SSSR count). The maximum absolute atomic E-state index is 12.7. The van der Waals surface area contributed by atoms with E-state index in [-0.39, 0.29) is 17.9 Å². The molecule has 1 aromatic rings. The third kappa shape index (κ3) is 2.30. The van der Waals surface area contributed by atoms with Crippen LogP contribution in [0.2, 0.25) is 0 Å². The Morgan fingerprint density at radius 1 is 1.37 bits per heavy atom. The minimum atomic E-state index is 0.00570. The second-order valence-electron chi connectivity index (χ2n) is 5.21. The molecule has 0 bridgehead atoms. The quantitative estimate of drug-likeness (QED) is 0.774. The molecule has 1 fully saturated rings. The number of ether oxygens (including phenoxy) is 1. The lowest BCUT2D eigenvalue weighted by Gasteiger charge is -2.27. The number of anilines is 1. The summed E-state index contributed by atoms with van der Waals surface area (Å²) in [4.78, 5) is 14.7. The highest BCUT2D eigenvalue weighted by Gasteiger charge is 2.34. The second kappa shape index (κ2) is 5.17. The molecule has 2 atom stereocenters. The van der Waals surface area contributed by atoms with Gasteiger partial charge in [0.1, 0.15) is 0 Å². The Kier molecular flexibility index (Phi) is 3.38. The van der Waals surface area contributed by atoms with Crippen molar-refractivity contribution < 1.29 is 9.53 Å². The fourth-order valence-corrected chi connectivity index (χ4v) is 2.89. The van der Waals surface area contributed by atoms with Crippen molar-refractivity contribution in [1.82, 2.24) is 0 Å². The zero-order chi connectivity index (χ0) is 13.2. The van der Waals surface area contributed by atoms with Crippen LogP contribution in [0.4, 0.5) is 5.69 Å². The van der Waals surface area contributed by atoms with Gasteiger partial charge in [0.15, 0.2) is 0 Å². The number of amides is 1. The van der Waals surface area contributed by atoms with Gasteiger partial charge in [-0.25, -0.2) is 0 Å². The van der Waals surface area contributed by atoms with Crippen LogP contribution in [0.15, 0.2) is 30.3 Å². The summed E-state index contributed by atoms with van der Waals surface area (Å²) in [5, 5.41) is 0. The zero-order valence-electron chi connectivity index (χ0n) is 11.2. The van der Waals surface area contributed by atoms with Gasteiger partial charge in [-0.2, -0.15) is 0 Å². The average molecular weight is 257 g/mol. The van der Waals surface area contributed by atoms with E-state index in [1.54, 1.807) is 0 Å². The van der Waals surface area contributed by atoms with Crippen LogP contribution in [0, 0.1) is 5.92 Å². The van der Waals surface area contributed by atoms with E-state index < -0.39 is 0 Å². The number of hydrogen-bond donors (Lipinski definition) is 0. The molecule has 0 spiro atoms. The van der Waals surface area contributed by atoms with Crippen LogP contribution in [0.1, 0.15) is 25.3 Å². The second-order valence-corrected chi connectivity index (χ2v) is 5.21. The van der Waals surface area contributed by atoms with Crippen LogP contribution in [0.25, 0.3) is 6.08 Å². The van der Waals surface area contributed by atoms with Crippen molar-refractivity contribution in [3.8, 4) is 0 Å². The third-order valence-corrected chi connectivity index (χ3v) is 4.00. The van der Waals surface area contributed by atoms with E-state index in [2.05, 4.69) is 18.2 Å². The number of hydrogen-bond acceptors (Lipinski definition) is 2. The first-order valence-corrected chi connectivity index (χ1v) is 6.96. The first-order valence-electron chi connectivity index (χ1n) is 6.96. The van der Waals surface area contributed by atoms with Crippen molar-refractivity contribution >= 4 is 17.7 Å². The van der Waals surface area contributed by atoms with Crippen molar-refractivity contribution in [1.29, 1.82) is 0 Å². The molecule has 0 N–H and O–H groups in total. The van der Waals surface area contributed by atoms with Crippen LogP contribution in [-0.2, 0) is 9.53 Å². The Labute approximate surface area is 113 Å². The number of para-hydroxylation sites is 1. The molecule has 100 valence electrons. The van der Waals surface area contributed by atoms with Gasteiger partial charge in [-0.3, -0.25) is 4.79 Å². The lowest BCUT2D eigenvalue weighted by atomic mass is 10.00. The number of carbonyl (C=O) groups excluding carboxylic acids is 1.